The maximum atomic E-state index is 10.7. The van der Waals surface area contributed by atoms with E-state index in [1.165, 1.54) is 6.92 Å². The number of hydrogen-bond acceptors (Lipinski definition) is 5. The molecule has 0 saturated carbocycles. The molecule has 18 heavy (non-hydrogen) atoms. The van der Waals surface area contributed by atoms with Crippen molar-refractivity contribution in [1.82, 2.24) is 0 Å². The van der Waals surface area contributed by atoms with Crippen molar-refractivity contribution in [2.75, 3.05) is 0 Å². The summed E-state index contributed by atoms with van der Waals surface area (Å²) in [5.41, 5.74) is -0.875. The number of nitro groups is 1. The van der Waals surface area contributed by atoms with E-state index in [-0.39, 0.29) is 11.3 Å². The second-order valence-electron chi connectivity index (χ2n) is 3.34. The first-order valence-corrected chi connectivity index (χ1v) is 4.74. The van der Waals surface area contributed by atoms with E-state index >= 15 is 0 Å². The van der Waals surface area contributed by atoms with E-state index < -0.39 is 28.7 Å². The van der Waals surface area contributed by atoms with E-state index in [0.29, 0.717) is 0 Å². The quantitative estimate of drug-likeness (QED) is 0.596. The van der Waals surface area contributed by atoms with Crippen LogP contribution in [-0.4, -0.2) is 33.2 Å². The van der Waals surface area contributed by atoms with E-state index in [9.17, 15) is 19.7 Å². The fourth-order valence-corrected chi connectivity index (χ4v) is 1.13. The van der Waals surface area contributed by atoms with Gasteiger partial charge in [-0.15, -0.1) is 0 Å². The lowest BCUT2D eigenvalue weighted by Crippen LogP contribution is -2.23. The zero-order valence-electron chi connectivity index (χ0n) is 9.19. The third-order valence-corrected chi connectivity index (χ3v) is 2.05. The highest BCUT2D eigenvalue weighted by atomic mass is 16.6. The second-order valence-corrected chi connectivity index (χ2v) is 3.34. The molecule has 0 aliphatic heterocycles. The number of aliphatic carboxylic acids is 1. The van der Waals surface area contributed by atoms with E-state index in [2.05, 4.69) is 0 Å². The molecule has 96 valence electrons. The number of hydrogen-bond donors (Lipinski definition) is 2. The van der Waals surface area contributed by atoms with E-state index in [1.807, 2.05) is 0 Å². The Morgan fingerprint density at radius 3 is 2.44 bits per heavy atom. The second kappa shape index (κ2) is 5.13. The summed E-state index contributed by atoms with van der Waals surface area (Å²) in [7, 11) is 0. The van der Waals surface area contributed by atoms with Crippen LogP contribution in [0.1, 0.15) is 17.3 Å². The fourth-order valence-electron chi connectivity index (χ4n) is 1.13. The Hall–Kier alpha value is -2.64. The van der Waals surface area contributed by atoms with Gasteiger partial charge in [-0.25, -0.2) is 9.59 Å². The van der Waals surface area contributed by atoms with Crippen molar-refractivity contribution < 1.29 is 29.5 Å². The van der Waals surface area contributed by atoms with Gasteiger partial charge in [-0.1, -0.05) is 0 Å². The molecule has 0 aliphatic rings. The molecule has 0 heterocycles. The summed E-state index contributed by atoms with van der Waals surface area (Å²) in [6.45, 7) is 1.21. The zero-order valence-corrected chi connectivity index (χ0v) is 9.19. The molecule has 8 heteroatoms. The zero-order chi connectivity index (χ0) is 13.9. The van der Waals surface area contributed by atoms with Crippen LogP contribution < -0.4 is 4.74 Å². The Morgan fingerprint density at radius 1 is 1.39 bits per heavy atom. The molecule has 1 aromatic carbocycles. The van der Waals surface area contributed by atoms with Gasteiger partial charge in [0.15, 0.2) is 11.9 Å². The number of ether oxygens (including phenoxy) is 1. The Balaban J connectivity index is 3.16. The molecular formula is C10H9NO7. The minimum atomic E-state index is -1.32. The Kier molecular flexibility index (Phi) is 3.82. The molecule has 2 N–H and O–H groups in total. The molecule has 1 atom stereocenters. The summed E-state index contributed by atoms with van der Waals surface area (Å²) in [6, 6.07) is 2.96. The lowest BCUT2D eigenvalue weighted by molar-refractivity contribution is -0.386. The summed E-state index contributed by atoms with van der Waals surface area (Å²) in [5, 5.41) is 28.1. The average molecular weight is 255 g/mol. The highest BCUT2D eigenvalue weighted by Gasteiger charge is 2.22. The SMILES string of the molecule is CC(Oc1ccc(C(=O)O)cc1[N+](=O)[O-])C(=O)O. The molecule has 0 radical (unpaired) electrons. The smallest absolute Gasteiger partial charge is 0.344 e. The Morgan fingerprint density at radius 2 is 2.00 bits per heavy atom. The van der Waals surface area contributed by atoms with Crippen LogP contribution in [0.15, 0.2) is 18.2 Å². The van der Waals surface area contributed by atoms with E-state index in [0.717, 1.165) is 18.2 Å². The van der Waals surface area contributed by atoms with Crippen LogP contribution in [0.25, 0.3) is 0 Å². The Labute approximate surface area is 101 Å². The van der Waals surface area contributed by atoms with Gasteiger partial charge < -0.3 is 14.9 Å². The number of carboxylic acid groups (broad SMARTS) is 2. The molecule has 1 rings (SSSR count). The summed E-state index contributed by atoms with van der Waals surface area (Å²) >= 11 is 0. The monoisotopic (exact) mass is 255 g/mol. The molecule has 8 nitrogen and oxygen atoms in total. The van der Waals surface area contributed by atoms with Crippen molar-refractivity contribution in [2.45, 2.75) is 13.0 Å². The van der Waals surface area contributed by atoms with Crippen LogP contribution in [0.2, 0.25) is 0 Å². The topological polar surface area (TPSA) is 127 Å². The summed E-state index contributed by atoms with van der Waals surface area (Å²) in [4.78, 5) is 31.1. The van der Waals surface area contributed by atoms with Gasteiger partial charge in [0, 0.05) is 6.07 Å². The maximum absolute atomic E-state index is 10.7. The molecular weight excluding hydrogens is 246 g/mol. The van der Waals surface area contributed by atoms with E-state index in [4.69, 9.17) is 14.9 Å². The molecule has 0 saturated heterocycles. The molecule has 0 spiro atoms. The molecule has 0 amide bonds. The summed E-state index contributed by atoms with van der Waals surface area (Å²) < 4.78 is 4.87. The number of benzene rings is 1. The van der Waals surface area contributed by atoms with Crippen LogP contribution in [0.5, 0.6) is 5.75 Å². The number of nitro benzene ring substituents is 1. The van der Waals surface area contributed by atoms with Gasteiger partial charge in [0.2, 0.25) is 0 Å². The van der Waals surface area contributed by atoms with Crippen molar-refractivity contribution in [3.05, 3.63) is 33.9 Å². The lowest BCUT2D eigenvalue weighted by atomic mass is 10.2. The third-order valence-electron chi connectivity index (χ3n) is 2.05. The Bertz CT molecular complexity index is 511. The van der Waals surface area contributed by atoms with Crippen molar-refractivity contribution in [3.8, 4) is 5.75 Å². The van der Waals surface area contributed by atoms with Crippen LogP contribution in [0.4, 0.5) is 5.69 Å². The summed E-state index contributed by atoms with van der Waals surface area (Å²) in [6.07, 6.45) is -1.28. The van der Waals surface area contributed by atoms with Crippen molar-refractivity contribution in [1.29, 1.82) is 0 Å². The first-order valence-electron chi connectivity index (χ1n) is 4.74. The van der Waals surface area contributed by atoms with Gasteiger partial charge in [-0.05, 0) is 19.1 Å². The van der Waals surface area contributed by atoms with Gasteiger partial charge in [0.1, 0.15) is 0 Å². The lowest BCUT2D eigenvalue weighted by Gasteiger charge is -2.10. The first kappa shape index (κ1) is 13.4. The highest BCUT2D eigenvalue weighted by Crippen LogP contribution is 2.28. The van der Waals surface area contributed by atoms with Crippen LogP contribution in [-0.2, 0) is 4.79 Å². The fraction of sp³-hybridized carbons (Fsp3) is 0.200. The van der Waals surface area contributed by atoms with Crippen LogP contribution in [0.3, 0.4) is 0 Å². The standard InChI is InChI=1S/C10H9NO7/c1-5(9(12)13)18-8-3-2-6(10(14)15)4-7(8)11(16)17/h2-5H,1H3,(H,12,13)(H,14,15). The normalized spacial score (nSPS) is 11.6. The largest absolute Gasteiger partial charge is 0.479 e. The van der Waals surface area contributed by atoms with Crippen molar-refractivity contribution in [2.24, 2.45) is 0 Å². The average Bonchev–Trinajstić information content (AvgIpc) is 2.28. The number of aromatic carboxylic acids is 1. The van der Waals surface area contributed by atoms with Crippen LogP contribution in [0, 0.1) is 10.1 Å². The molecule has 0 aliphatic carbocycles. The summed E-state index contributed by atoms with van der Waals surface area (Å²) in [5.74, 6) is -2.90. The predicted octanol–water partition coefficient (Wildman–Crippen LogP) is 1.14. The predicted molar refractivity (Wildman–Crippen MR) is 57.8 cm³/mol. The number of carboxylic acids is 2. The van der Waals surface area contributed by atoms with E-state index in [1.54, 1.807) is 0 Å². The highest BCUT2D eigenvalue weighted by molar-refractivity contribution is 5.89. The minimum Gasteiger partial charge on any atom is -0.479 e. The molecule has 0 aromatic heterocycles. The van der Waals surface area contributed by atoms with Gasteiger partial charge in [0.05, 0.1) is 10.5 Å². The molecule has 0 bridgehead atoms. The first-order chi connectivity index (χ1) is 8.32. The van der Waals surface area contributed by atoms with Gasteiger partial charge in [-0.2, -0.15) is 0 Å². The van der Waals surface area contributed by atoms with Crippen molar-refractivity contribution >= 4 is 17.6 Å². The van der Waals surface area contributed by atoms with Gasteiger partial charge >= 0.3 is 17.6 Å². The number of nitrogens with zero attached hydrogens (tertiary/aromatic N) is 1. The van der Waals surface area contributed by atoms with Gasteiger partial charge in [-0.3, -0.25) is 10.1 Å². The van der Waals surface area contributed by atoms with Crippen molar-refractivity contribution in [3.63, 3.8) is 0 Å². The number of carbonyl (C=O) groups is 2. The molecule has 1 aromatic rings. The van der Waals surface area contributed by atoms with Gasteiger partial charge in [0.25, 0.3) is 0 Å². The third kappa shape index (κ3) is 2.94. The maximum Gasteiger partial charge on any atom is 0.344 e. The number of rotatable bonds is 5. The molecule has 0 fully saturated rings. The van der Waals surface area contributed by atoms with Crippen LogP contribution >= 0.6 is 0 Å². The minimum absolute atomic E-state index is 0.281. The molecule has 1 unspecified atom stereocenters.